The fourth-order valence-electron chi connectivity index (χ4n) is 2.73. The van der Waals surface area contributed by atoms with E-state index in [0.717, 1.165) is 5.57 Å². The third kappa shape index (κ3) is 3.22. The molecule has 1 unspecified atom stereocenters. The molecular weight excluding hydrogens is 307 g/mol. The second kappa shape index (κ2) is 6.66. The molecule has 1 aliphatic carbocycles. The van der Waals surface area contributed by atoms with Crippen LogP contribution in [0.15, 0.2) is 42.0 Å². The molecule has 0 fully saturated rings. The normalized spacial score (nSPS) is 21.0. The first-order valence-electron chi connectivity index (χ1n) is 7.25. The van der Waals surface area contributed by atoms with Gasteiger partial charge in [-0.15, -0.1) is 0 Å². The third-order valence-corrected chi connectivity index (χ3v) is 4.11. The van der Waals surface area contributed by atoms with Crippen LogP contribution in [0.2, 0.25) is 0 Å². The van der Waals surface area contributed by atoms with Crippen molar-refractivity contribution in [2.24, 2.45) is 5.73 Å². The molecular formula is C17H20F3NO2. The molecule has 23 heavy (non-hydrogen) atoms. The summed E-state index contributed by atoms with van der Waals surface area (Å²) in [6, 6.07) is 4.31. The van der Waals surface area contributed by atoms with Gasteiger partial charge in [0.1, 0.15) is 5.41 Å². The summed E-state index contributed by atoms with van der Waals surface area (Å²) in [5.41, 5.74) is 4.36. The highest BCUT2D eigenvalue weighted by atomic mass is 19.4. The Morgan fingerprint density at radius 2 is 1.87 bits per heavy atom. The average molecular weight is 327 g/mol. The zero-order valence-electron chi connectivity index (χ0n) is 13.1. The van der Waals surface area contributed by atoms with Gasteiger partial charge in [0.2, 0.25) is 0 Å². The van der Waals surface area contributed by atoms with Crippen molar-refractivity contribution in [3.05, 3.63) is 47.6 Å². The van der Waals surface area contributed by atoms with E-state index in [1.165, 1.54) is 44.6 Å². The summed E-state index contributed by atoms with van der Waals surface area (Å²) in [5, 5.41) is 0. The minimum atomic E-state index is -4.42. The number of benzene rings is 1. The summed E-state index contributed by atoms with van der Waals surface area (Å²) >= 11 is 0. The first kappa shape index (κ1) is 17.4. The largest absolute Gasteiger partial charge is 0.493 e. The van der Waals surface area contributed by atoms with Gasteiger partial charge in [0.15, 0.2) is 11.5 Å². The minimum Gasteiger partial charge on any atom is -0.493 e. The van der Waals surface area contributed by atoms with E-state index in [2.05, 4.69) is 0 Å². The standard InChI is InChI=1S/C17H20F3NO2/c1-22-14-4-3-13(11-15(14)23-2)16(17(18,19)20)8-5-12(6-9-16)7-10-21/h3-6,8,11H,7,9-10,21H2,1-2H3. The summed E-state index contributed by atoms with van der Waals surface area (Å²) in [5.74, 6) is 0.673. The van der Waals surface area contributed by atoms with Crippen LogP contribution in [0.1, 0.15) is 18.4 Å². The van der Waals surface area contributed by atoms with Crippen molar-refractivity contribution in [2.45, 2.75) is 24.4 Å². The first-order chi connectivity index (χ1) is 10.9. The molecule has 0 saturated carbocycles. The van der Waals surface area contributed by atoms with Crippen molar-refractivity contribution in [3.63, 3.8) is 0 Å². The van der Waals surface area contributed by atoms with E-state index in [-0.39, 0.29) is 17.7 Å². The van der Waals surface area contributed by atoms with E-state index in [9.17, 15) is 13.2 Å². The van der Waals surface area contributed by atoms with Crippen LogP contribution in [-0.2, 0) is 5.41 Å². The molecule has 0 heterocycles. The molecule has 0 radical (unpaired) electrons. The third-order valence-electron chi connectivity index (χ3n) is 4.11. The number of methoxy groups -OCH3 is 2. The number of hydrogen-bond donors (Lipinski definition) is 1. The molecule has 0 spiro atoms. The maximum Gasteiger partial charge on any atom is 0.402 e. The quantitative estimate of drug-likeness (QED) is 0.896. The van der Waals surface area contributed by atoms with Gasteiger partial charge in [-0.25, -0.2) is 0 Å². The van der Waals surface area contributed by atoms with Gasteiger partial charge in [0, 0.05) is 0 Å². The van der Waals surface area contributed by atoms with Crippen LogP contribution in [-0.4, -0.2) is 26.9 Å². The molecule has 6 heteroatoms. The molecule has 2 N–H and O–H groups in total. The van der Waals surface area contributed by atoms with Gasteiger partial charge in [-0.2, -0.15) is 13.2 Å². The van der Waals surface area contributed by atoms with Gasteiger partial charge in [-0.1, -0.05) is 29.9 Å². The number of rotatable bonds is 5. The van der Waals surface area contributed by atoms with Crippen molar-refractivity contribution in [1.29, 1.82) is 0 Å². The molecule has 2 rings (SSSR count). The number of halogens is 3. The fourth-order valence-corrected chi connectivity index (χ4v) is 2.73. The Kier molecular flexibility index (Phi) is 5.04. The number of ether oxygens (including phenoxy) is 2. The lowest BCUT2D eigenvalue weighted by molar-refractivity contribution is -0.175. The molecule has 0 aliphatic heterocycles. The van der Waals surface area contributed by atoms with Crippen molar-refractivity contribution in [1.82, 2.24) is 0 Å². The van der Waals surface area contributed by atoms with E-state index in [1.54, 1.807) is 6.08 Å². The molecule has 1 aromatic carbocycles. The fraction of sp³-hybridized carbons (Fsp3) is 0.412. The van der Waals surface area contributed by atoms with Gasteiger partial charge in [0.25, 0.3) is 0 Å². The molecule has 0 aromatic heterocycles. The van der Waals surface area contributed by atoms with Crippen LogP contribution in [0.25, 0.3) is 0 Å². The van der Waals surface area contributed by atoms with E-state index in [1.807, 2.05) is 0 Å². The van der Waals surface area contributed by atoms with E-state index < -0.39 is 11.6 Å². The smallest absolute Gasteiger partial charge is 0.402 e. The SMILES string of the molecule is COc1ccc(C2(C(F)(F)F)C=CC(CCN)=CC2)cc1OC. The first-order valence-corrected chi connectivity index (χ1v) is 7.25. The van der Waals surface area contributed by atoms with Crippen molar-refractivity contribution >= 4 is 0 Å². The molecule has 1 aliphatic rings. The lowest BCUT2D eigenvalue weighted by atomic mass is 9.73. The zero-order chi connectivity index (χ0) is 17.1. The second-order valence-electron chi connectivity index (χ2n) is 5.39. The maximum atomic E-state index is 13.8. The van der Waals surface area contributed by atoms with Crippen LogP contribution < -0.4 is 15.2 Å². The Morgan fingerprint density at radius 3 is 2.35 bits per heavy atom. The van der Waals surface area contributed by atoms with Crippen molar-refractivity contribution in [3.8, 4) is 11.5 Å². The Bertz CT molecular complexity index is 623. The van der Waals surface area contributed by atoms with Crippen LogP contribution in [0, 0.1) is 0 Å². The van der Waals surface area contributed by atoms with E-state index in [4.69, 9.17) is 15.2 Å². The molecule has 1 aromatic rings. The molecule has 126 valence electrons. The van der Waals surface area contributed by atoms with Crippen LogP contribution >= 0.6 is 0 Å². The highest BCUT2D eigenvalue weighted by Gasteiger charge is 2.54. The Labute approximate surface area is 133 Å². The number of alkyl halides is 3. The number of hydrogen-bond acceptors (Lipinski definition) is 3. The minimum absolute atomic E-state index is 0.127. The van der Waals surface area contributed by atoms with E-state index in [0.29, 0.717) is 18.7 Å². The van der Waals surface area contributed by atoms with Gasteiger partial charge in [0.05, 0.1) is 14.2 Å². The van der Waals surface area contributed by atoms with Gasteiger partial charge < -0.3 is 15.2 Å². The molecule has 3 nitrogen and oxygen atoms in total. The number of nitrogens with two attached hydrogens (primary N) is 1. The summed E-state index contributed by atoms with van der Waals surface area (Å²) in [7, 11) is 2.84. The second-order valence-corrected chi connectivity index (χ2v) is 5.39. The highest BCUT2D eigenvalue weighted by Crippen LogP contribution is 2.49. The zero-order valence-corrected chi connectivity index (χ0v) is 13.1. The van der Waals surface area contributed by atoms with E-state index >= 15 is 0 Å². The summed E-state index contributed by atoms with van der Waals surface area (Å²) in [4.78, 5) is 0. The van der Waals surface area contributed by atoms with Crippen LogP contribution in [0.5, 0.6) is 11.5 Å². The van der Waals surface area contributed by atoms with Crippen LogP contribution in [0.4, 0.5) is 13.2 Å². The Morgan fingerprint density at radius 1 is 1.17 bits per heavy atom. The monoisotopic (exact) mass is 327 g/mol. The molecule has 1 atom stereocenters. The predicted molar refractivity (Wildman–Crippen MR) is 82.8 cm³/mol. The molecule has 0 bridgehead atoms. The summed E-state index contributed by atoms with van der Waals surface area (Å²) in [6.07, 6.45) is 0.332. The van der Waals surface area contributed by atoms with Gasteiger partial charge in [-0.3, -0.25) is 0 Å². The average Bonchev–Trinajstić information content (AvgIpc) is 2.54. The van der Waals surface area contributed by atoms with Gasteiger partial charge >= 0.3 is 6.18 Å². The van der Waals surface area contributed by atoms with Gasteiger partial charge in [-0.05, 0) is 37.1 Å². The summed E-state index contributed by atoms with van der Waals surface area (Å²) in [6.45, 7) is 0.408. The lowest BCUT2D eigenvalue weighted by Gasteiger charge is -2.35. The lowest BCUT2D eigenvalue weighted by Crippen LogP contribution is -2.41. The molecule has 0 amide bonds. The highest BCUT2D eigenvalue weighted by molar-refractivity contribution is 5.49. The Hall–Kier alpha value is -1.95. The molecule has 0 saturated heterocycles. The summed E-state index contributed by atoms with van der Waals surface area (Å²) < 4.78 is 51.7. The topological polar surface area (TPSA) is 44.5 Å². The Balaban J connectivity index is 2.48. The van der Waals surface area contributed by atoms with Crippen molar-refractivity contribution in [2.75, 3.05) is 20.8 Å². The maximum absolute atomic E-state index is 13.8. The predicted octanol–water partition coefficient (Wildman–Crippen LogP) is 3.74. The van der Waals surface area contributed by atoms with Crippen LogP contribution in [0.3, 0.4) is 0 Å². The number of allylic oxidation sites excluding steroid dienone is 3. The van der Waals surface area contributed by atoms with Crippen molar-refractivity contribution < 1.29 is 22.6 Å².